The molecule has 0 aliphatic heterocycles. The minimum atomic E-state index is -1.02. The van der Waals surface area contributed by atoms with Crippen molar-refractivity contribution < 1.29 is 9.53 Å². The fraction of sp³-hybridized carbons (Fsp3) is 0.545. The molecule has 1 aromatic heterocycles. The van der Waals surface area contributed by atoms with Crippen LogP contribution < -0.4 is 11.3 Å². The van der Waals surface area contributed by atoms with Crippen molar-refractivity contribution >= 4 is 17.7 Å². The van der Waals surface area contributed by atoms with E-state index in [0.717, 1.165) is 0 Å². The molecule has 3 N–H and O–H groups in total. The van der Waals surface area contributed by atoms with Crippen LogP contribution in [0.1, 0.15) is 19.0 Å². The maximum Gasteiger partial charge on any atom is 0.325 e. The summed E-state index contributed by atoms with van der Waals surface area (Å²) in [4.78, 5) is 29.4. The number of carbonyl (C=O) groups is 1. The molecule has 1 rings (SSSR count). The van der Waals surface area contributed by atoms with Crippen molar-refractivity contribution in [2.24, 2.45) is 5.73 Å². The zero-order valence-corrected chi connectivity index (χ0v) is 11.5. The quantitative estimate of drug-likeness (QED) is 0.458. The second-order valence-corrected chi connectivity index (χ2v) is 5.28. The molecule has 7 heteroatoms. The van der Waals surface area contributed by atoms with Crippen LogP contribution in [0.25, 0.3) is 0 Å². The third-order valence-corrected chi connectivity index (χ3v) is 3.23. The third kappa shape index (κ3) is 4.15. The Bertz CT molecular complexity index is 485. The van der Waals surface area contributed by atoms with Crippen molar-refractivity contribution in [3.8, 4) is 0 Å². The van der Waals surface area contributed by atoms with Crippen molar-refractivity contribution in [1.29, 1.82) is 0 Å². The van der Waals surface area contributed by atoms with E-state index in [1.54, 1.807) is 13.8 Å². The summed E-state index contributed by atoms with van der Waals surface area (Å²) >= 11 is 1.35. The molecule has 1 heterocycles. The summed E-state index contributed by atoms with van der Waals surface area (Å²) in [7, 11) is 1.31. The van der Waals surface area contributed by atoms with E-state index < -0.39 is 11.5 Å². The van der Waals surface area contributed by atoms with Crippen molar-refractivity contribution in [2.45, 2.75) is 31.0 Å². The van der Waals surface area contributed by atoms with Gasteiger partial charge in [-0.25, -0.2) is 4.98 Å². The fourth-order valence-corrected chi connectivity index (χ4v) is 2.42. The molecule has 0 saturated heterocycles. The van der Waals surface area contributed by atoms with E-state index in [9.17, 15) is 9.59 Å². The van der Waals surface area contributed by atoms with Crippen molar-refractivity contribution in [3.63, 3.8) is 0 Å². The molecule has 18 heavy (non-hydrogen) atoms. The molecule has 0 aromatic carbocycles. The smallest absolute Gasteiger partial charge is 0.325 e. The summed E-state index contributed by atoms with van der Waals surface area (Å²) in [5, 5.41) is 0.528. The van der Waals surface area contributed by atoms with E-state index in [2.05, 4.69) is 14.7 Å². The minimum Gasteiger partial charge on any atom is -0.468 e. The van der Waals surface area contributed by atoms with E-state index in [4.69, 9.17) is 5.73 Å². The highest BCUT2D eigenvalue weighted by Gasteiger charge is 2.28. The van der Waals surface area contributed by atoms with Crippen LogP contribution in [0.2, 0.25) is 0 Å². The lowest BCUT2D eigenvalue weighted by Crippen LogP contribution is -2.46. The van der Waals surface area contributed by atoms with E-state index >= 15 is 0 Å². The molecule has 1 unspecified atom stereocenters. The first-order valence-corrected chi connectivity index (χ1v) is 6.42. The van der Waals surface area contributed by atoms with Gasteiger partial charge in [-0.05, 0) is 20.3 Å². The number of hydrogen-bond acceptors (Lipinski definition) is 6. The van der Waals surface area contributed by atoms with Crippen molar-refractivity contribution in [1.82, 2.24) is 9.97 Å². The number of nitrogens with zero attached hydrogens (tertiary/aromatic N) is 1. The number of hydrogen-bond donors (Lipinski definition) is 2. The Morgan fingerprint density at radius 1 is 1.67 bits per heavy atom. The van der Waals surface area contributed by atoms with Gasteiger partial charge in [0.05, 0.1) is 7.11 Å². The van der Waals surface area contributed by atoms with Gasteiger partial charge in [-0.2, -0.15) is 0 Å². The van der Waals surface area contributed by atoms with Crippen LogP contribution in [0.5, 0.6) is 0 Å². The fourth-order valence-electron chi connectivity index (χ4n) is 1.31. The highest BCUT2D eigenvalue weighted by Crippen LogP contribution is 2.17. The monoisotopic (exact) mass is 271 g/mol. The van der Waals surface area contributed by atoms with Gasteiger partial charge in [0.25, 0.3) is 5.56 Å². The van der Waals surface area contributed by atoms with E-state index in [1.807, 2.05) is 0 Å². The minimum absolute atomic E-state index is 0.187. The van der Waals surface area contributed by atoms with Gasteiger partial charge in [-0.15, -0.1) is 0 Å². The number of esters is 1. The first-order valence-electron chi connectivity index (χ1n) is 5.43. The Kier molecular flexibility index (Phi) is 4.92. The highest BCUT2D eigenvalue weighted by molar-refractivity contribution is 7.99. The summed E-state index contributed by atoms with van der Waals surface area (Å²) < 4.78 is 4.61. The van der Waals surface area contributed by atoms with Crippen LogP contribution in [0, 0.1) is 6.92 Å². The number of aromatic nitrogens is 2. The summed E-state index contributed by atoms with van der Waals surface area (Å²) in [5.41, 5.74) is 5.26. The summed E-state index contributed by atoms with van der Waals surface area (Å²) in [6, 6.07) is 1.42. The van der Waals surface area contributed by atoms with Crippen LogP contribution in [-0.4, -0.2) is 34.3 Å². The lowest BCUT2D eigenvalue weighted by Gasteiger charge is -2.20. The Balaban J connectivity index is 2.56. The maximum atomic E-state index is 11.4. The average Bonchev–Trinajstić information content (AvgIpc) is 2.26. The molecule has 100 valence electrons. The van der Waals surface area contributed by atoms with Gasteiger partial charge in [0.1, 0.15) is 5.54 Å². The number of aryl methyl sites for hydroxylation is 1. The van der Waals surface area contributed by atoms with E-state index in [-0.39, 0.29) is 5.56 Å². The number of carbonyl (C=O) groups excluding carboxylic acids is 1. The summed E-state index contributed by atoms with van der Waals surface area (Å²) in [6.07, 6.45) is 0.433. The predicted molar refractivity (Wildman–Crippen MR) is 69.5 cm³/mol. The zero-order chi connectivity index (χ0) is 13.8. The van der Waals surface area contributed by atoms with Gasteiger partial charge in [0, 0.05) is 17.5 Å². The number of nitrogens with one attached hydrogen (secondary N) is 1. The summed E-state index contributed by atoms with van der Waals surface area (Å²) in [5.74, 6) is 0.114. The molecular weight excluding hydrogens is 254 g/mol. The van der Waals surface area contributed by atoms with Gasteiger partial charge in [-0.3, -0.25) is 9.59 Å². The van der Waals surface area contributed by atoms with Gasteiger partial charge in [0.2, 0.25) is 0 Å². The number of H-pyrrole nitrogens is 1. The average molecular weight is 271 g/mol. The van der Waals surface area contributed by atoms with Gasteiger partial charge in [0.15, 0.2) is 5.16 Å². The van der Waals surface area contributed by atoms with E-state index in [1.165, 1.54) is 24.9 Å². The van der Waals surface area contributed by atoms with E-state index in [0.29, 0.717) is 23.0 Å². The number of thioether (sulfide) groups is 1. The van der Waals surface area contributed by atoms with Crippen LogP contribution in [0.15, 0.2) is 16.0 Å². The van der Waals surface area contributed by atoms with Gasteiger partial charge < -0.3 is 15.5 Å². The SMILES string of the molecule is COC(=O)C(C)(N)CCSc1nc(C)cc(=O)[nH]1. The van der Waals surface area contributed by atoms with Crippen molar-refractivity contribution in [3.05, 3.63) is 22.1 Å². The number of nitrogens with two attached hydrogens (primary N) is 1. The number of ether oxygens (including phenoxy) is 1. The molecule has 0 bridgehead atoms. The zero-order valence-electron chi connectivity index (χ0n) is 10.6. The molecule has 0 spiro atoms. The second kappa shape index (κ2) is 6.01. The van der Waals surface area contributed by atoms with Crippen LogP contribution in [-0.2, 0) is 9.53 Å². The third-order valence-electron chi connectivity index (χ3n) is 2.36. The van der Waals surface area contributed by atoms with Gasteiger partial charge in [-0.1, -0.05) is 11.8 Å². The number of aromatic amines is 1. The highest BCUT2D eigenvalue weighted by atomic mass is 32.2. The lowest BCUT2D eigenvalue weighted by molar-refractivity contribution is -0.146. The predicted octanol–water partition coefficient (Wildman–Crippen LogP) is 0.451. The lowest BCUT2D eigenvalue weighted by atomic mass is 10.0. The maximum absolute atomic E-state index is 11.4. The Labute approximate surface area is 109 Å². The molecular formula is C11H17N3O3S. The standard InChI is InChI=1S/C11H17N3O3S/c1-7-6-8(15)14-10(13-7)18-5-4-11(2,12)9(16)17-3/h6H,4-5,12H2,1-3H3,(H,13,14,15). The Morgan fingerprint density at radius 2 is 2.33 bits per heavy atom. The molecule has 1 aromatic rings. The molecule has 0 fully saturated rings. The van der Waals surface area contributed by atoms with Crippen molar-refractivity contribution in [2.75, 3.05) is 12.9 Å². The van der Waals surface area contributed by atoms with Crippen LogP contribution >= 0.6 is 11.8 Å². The Hall–Kier alpha value is -1.34. The first kappa shape index (κ1) is 14.7. The molecule has 0 aliphatic rings. The summed E-state index contributed by atoms with van der Waals surface area (Å²) in [6.45, 7) is 3.37. The first-order chi connectivity index (χ1) is 8.35. The normalized spacial score (nSPS) is 14.0. The van der Waals surface area contributed by atoms with Crippen LogP contribution in [0.4, 0.5) is 0 Å². The topological polar surface area (TPSA) is 98.1 Å². The van der Waals surface area contributed by atoms with Crippen LogP contribution in [0.3, 0.4) is 0 Å². The second-order valence-electron chi connectivity index (χ2n) is 4.20. The molecule has 0 amide bonds. The molecule has 0 radical (unpaired) electrons. The Morgan fingerprint density at radius 3 is 2.89 bits per heavy atom. The number of methoxy groups -OCH3 is 1. The molecule has 1 atom stereocenters. The molecule has 6 nitrogen and oxygen atoms in total. The largest absolute Gasteiger partial charge is 0.468 e. The molecule has 0 saturated carbocycles. The van der Waals surface area contributed by atoms with Gasteiger partial charge >= 0.3 is 5.97 Å². The number of rotatable bonds is 5. The molecule has 0 aliphatic carbocycles.